The summed E-state index contributed by atoms with van der Waals surface area (Å²) in [5.74, 6) is 1.39. The second-order valence-corrected chi connectivity index (χ2v) is 6.10. The fraction of sp³-hybridized carbons (Fsp3) is 0.533. The van der Waals surface area contributed by atoms with Crippen LogP contribution >= 0.6 is 11.8 Å². The summed E-state index contributed by atoms with van der Waals surface area (Å²) in [5.41, 5.74) is 1.99. The first-order valence-corrected chi connectivity index (χ1v) is 8.20. The normalized spacial score (nSPS) is 12.2. The lowest BCUT2D eigenvalue weighted by molar-refractivity contribution is 0.214. The molecule has 1 rings (SSSR count). The third-order valence-corrected chi connectivity index (χ3v) is 3.46. The van der Waals surface area contributed by atoms with Gasteiger partial charge in [0.15, 0.2) is 0 Å². The van der Waals surface area contributed by atoms with E-state index in [2.05, 4.69) is 30.7 Å². The van der Waals surface area contributed by atoms with Crippen molar-refractivity contribution in [2.45, 2.75) is 32.1 Å². The van der Waals surface area contributed by atoms with Crippen LogP contribution in [0.25, 0.3) is 0 Å². The number of benzene rings is 1. The van der Waals surface area contributed by atoms with Crippen LogP contribution in [0.3, 0.4) is 0 Å². The Morgan fingerprint density at radius 1 is 1.30 bits per heavy atom. The topological polar surface area (TPSA) is 61.4 Å². The van der Waals surface area contributed by atoms with Gasteiger partial charge in [-0.25, -0.2) is 4.79 Å². The molecule has 3 N–H and O–H groups in total. The van der Waals surface area contributed by atoms with E-state index in [1.807, 2.05) is 24.3 Å². The summed E-state index contributed by atoms with van der Waals surface area (Å²) in [4.78, 5) is 11.8. The number of anilines is 1. The van der Waals surface area contributed by atoms with E-state index in [-0.39, 0.29) is 18.7 Å². The van der Waals surface area contributed by atoms with E-state index in [4.69, 9.17) is 0 Å². The molecule has 0 saturated carbocycles. The van der Waals surface area contributed by atoms with Gasteiger partial charge in [0.05, 0.1) is 12.6 Å². The second kappa shape index (κ2) is 8.87. The average Bonchev–Trinajstić information content (AvgIpc) is 2.40. The van der Waals surface area contributed by atoms with Crippen LogP contribution in [0.4, 0.5) is 10.5 Å². The van der Waals surface area contributed by atoms with E-state index in [0.29, 0.717) is 5.92 Å². The van der Waals surface area contributed by atoms with Gasteiger partial charge >= 0.3 is 6.03 Å². The Morgan fingerprint density at radius 3 is 2.45 bits per heavy atom. The van der Waals surface area contributed by atoms with E-state index < -0.39 is 0 Å². The van der Waals surface area contributed by atoms with Gasteiger partial charge in [-0.05, 0) is 36.3 Å². The summed E-state index contributed by atoms with van der Waals surface area (Å²) in [6.07, 6.45) is 2.82. The van der Waals surface area contributed by atoms with E-state index in [0.717, 1.165) is 17.9 Å². The number of hydrogen-bond donors (Lipinski definition) is 3. The van der Waals surface area contributed by atoms with Crippen molar-refractivity contribution in [3.63, 3.8) is 0 Å². The number of hydrogen-bond acceptors (Lipinski definition) is 3. The summed E-state index contributed by atoms with van der Waals surface area (Å²) in [5, 5.41) is 14.8. The maximum absolute atomic E-state index is 11.8. The highest BCUT2D eigenvalue weighted by Crippen LogP contribution is 2.13. The Bertz CT molecular complexity index is 407. The van der Waals surface area contributed by atoms with Crippen molar-refractivity contribution < 1.29 is 9.90 Å². The first-order valence-electron chi connectivity index (χ1n) is 6.81. The number of aliphatic hydroxyl groups is 1. The van der Waals surface area contributed by atoms with Crippen molar-refractivity contribution in [1.82, 2.24) is 5.32 Å². The average molecular weight is 296 g/mol. The van der Waals surface area contributed by atoms with Crippen LogP contribution in [-0.2, 0) is 5.75 Å². The molecule has 0 aliphatic rings. The van der Waals surface area contributed by atoms with Crippen molar-refractivity contribution in [2.24, 2.45) is 5.92 Å². The molecule has 1 aromatic rings. The maximum atomic E-state index is 11.8. The van der Waals surface area contributed by atoms with Gasteiger partial charge in [-0.15, -0.1) is 0 Å². The molecule has 1 atom stereocenters. The number of carbonyl (C=O) groups is 1. The van der Waals surface area contributed by atoms with Gasteiger partial charge in [0.25, 0.3) is 0 Å². The number of urea groups is 1. The highest BCUT2D eigenvalue weighted by atomic mass is 32.2. The number of carbonyl (C=O) groups excluding carboxylic acids is 1. The van der Waals surface area contributed by atoms with Crippen LogP contribution < -0.4 is 10.6 Å². The number of nitrogens with one attached hydrogen (secondary N) is 2. The molecule has 0 saturated heterocycles. The standard InChI is InChI=1S/C15H24N2O2S/c1-11(2)8-14(9-18)17-15(19)16-13-6-4-12(5-7-13)10-20-3/h4-7,11,14,18H,8-10H2,1-3H3,(H2,16,17,19). The van der Waals surface area contributed by atoms with Gasteiger partial charge in [0.1, 0.15) is 0 Å². The Morgan fingerprint density at radius 2 is 1.95 bits per heavy atom. The number of thioether (sulfide) groups is 1. The third kappa shape index (κ3) is 6.30. The summed E-state index contributed by atoms with van der Waals surface area (Å²) < 4.78 is 0. The lowest BCUT2D eigenvalue weighted by Crippen LogP contribution is -2.40. The van der Waals surface area contributed by atoms with Crippen molar-refractivity contribution >= 4 is 23.5 Å². The van der Waals surface area contributed by atoms with Gasteiger partial charge < -0.3 is 15.7 Å². The molecular formula is C15H24N2O2S. The molecule has 0 fully saturated rings. The van der Waals surface area contributed by atoms with Gasteiger partial charge in [0.2, 0.25) is 0 Å². The molecule has 0 heterocycles. The molecular weight excluding hydrogens is 272 g/mol. The molecule has 0 aliphatic carbocycles. The van der Waals surface area contributed by atoms with Gasteiger partial charge in [0, 0.05) is 11.4 Å². The molecule has 1 unspecified atom stereocenters. The summed E-state index contributed by atoms with van der Waals surface area (Å²) >= 11 is 1.76. The smallest absolute Gasteiger partial charge is 0.319 e. The summed E-state index contributed by atoms with van der Waals surface area (Å²) in [6, 6.07) is 7.31. The summed E-state index contributed by atoms with van der Waals surface area (Å²) in [7, 11) is 0. The Labute approximate surface area is 125 Å². The molecule has 0 bridgehead atoms. The largest absolute Gasteiger partial charge is 0.394 e. The van der Waals surface area contributed by atoms with Crippen molar-refractivity contribution in [3.8, 4) is 0 Å². The second-order valence-electron chi connectivity index (χ2n) is 5.24. The van der Waals surface area contributed by atoms with Crippen LogP contribution in [0.2, 0.25) is 0 Å². The highest BCUT2D eigenvalue weighted by molar-refractivity contribution is 7.97. The third-order valence-electron chi connectivity index (χ3n) is 2.83. The molecule has 20 heavy (non-hydrogen) atoms. The zero-order chi connectivity index (χ0) is 15.0. The minimum atomic E-state index is -0.276. The van der Waals surface area contributed by atoms with Crippen LogP contribution in [0.1, 0.15) is 25.8 Å². The molecule has 1 aromatic carbocycles. The van der Waals surface area contributed by atoms with Crippen molar-refractivity contribution in [3.05, 3.63) is 29.8 Å². The lowest BCUT2D eigenvalue weighted by atomic mass is 10.0. The number of amides is 2. The SMILES string of the molecule is CSCc1ccc(NC(=O)NC(CO)CC(C)C)cc1. The van der Waals surface area contributed by atoms with Crippen molar-refractivity contribution in [2.75, 3.05) is 18.2 Å². The molecule has 0 aliphatic heterocycles. The highest BCUT2D eigenvalue weighted by Gasteiger charge is 2.12. The molecule has 0 spiro atoms. The molecule has 112 valence electrons. The zero-order valence-corrected chi connectivity index (χ0v) is 13.2. The molecule has 0 aromatic heterocycles. The van der Waals surface area contributed by atoms with E-state index in [1.54, 1.807) is 11.8 Å². The number of aliphatic hydroxyl groups excluding tert-OH is 1. The minimum absolute atomic E-state index is 0.0434. The monoisotopic (exact) mass is 296 g/mol. The Hall–Kier alpha value is -1.20. The minimum Gasteiger partial charge on any atom is -0.394 e. The van der Waals surface area contributed by atoms with Gasteiger partial charge in [-0.3, -0.25) is 0 Å². The van der Waals surface area contributed by atoms with E-state index in [9.17, 15) is 9.90 Å². The van der Waals surface area contributed by atoms with E-state index >= 15 is 0 Å². The predicted octanol–water partition coefficient (Wildman–Crippen LogP) is 3.08. The van der Waals surface area contributed by atoms with Gasteiger partial charge in [-0.1, -0.05) is 26.0 Å². The van der Waals surface area contributed by atoms with Crippen LogP contribution in [0, 0.1) is 5.92 Å². The number of rotatable bonds is 7. The zero-order valence-electron chi connectivity index (χ0n) is 12.3. The molecule has 0 radical (unpaired) electrons. The first-order chi connectivity index (χ1) is 9.55. The Balaban J connectivity index is 2.48. The van der Waals surface area contributed by atoms with E-state index in [1.165, 1.54) is 5.56 Å². The first kappa shape index (κ1) is 16.9. The fourth-order valence-electron chi connectivity index (χ4n) is 1.95. The molecule has 4 nitrogen and oxygen atoms in total. The van der Waals surface area contributed by atoms with Gasteiger partial charge in [-0.2, -0.15) is 11.8 Å². The lowest BCUT2D eigenvalue weighted by Gasteiger charge is -2.18. The van der Waals surface area contributed by atoms with Crippen LogP contribution in [-0.4, -0.2) is 30.0 Å². The molecule has 2 amide bonds. The predicted molar refractivity (Wildman–Crippen MR) is 86.1 cm³/mol. The van der Waals surface area contributed by atoms with Crippen LogP contribution in [0.5, 0.6) is 0 Å². The van der Waals surface area contributed by atoms with Crippen LogP contribution in [0.15, 0.2) is 24.3 Å². The molecule has 5 heteroatoms. The quantitative estimate of drug-likeness (QED) is 0.724. The Kier molecular flexibility index (Phi) is 7.47. The maximum Gasteiger partial charge on any atom is 0.319 e. The fourth-order valence-corrected chi connectivity index (χ4v) is 2.48. The van der Waals surface area contributed by atoms with Crippen molar-refractivity contribution in [1.29, 1.82) is 0 Å². The summed E-state index contributed by atoms with van der Waals surface area (Å²) in [6.45, 7) is 4.08.